The van der Waals surface area contributed by atoms with E-state index in [1.807, 2.05) is 4.90 Å². The molecule has 1 aliphatic heterocycles. The van der Waals surface area contributed by atoms with Gasteiger partial charge in [-0.1, -0.05) is 32.1 Å². The van der Waals surface area contributed by atoms with Crippen LogP contribution in [0.2, 0.25) is 0 Å². The van der Waals surface area contributed by atoms with E-state index in [2.05, 4.69) is 23.8 Å². The molecule has 1 heterocycles. The fraction of sp³-hybridized carbons (Fsp3) is 0.647. The van der Waals surface area contributed by atoms with Crippen molar-refractivity contribution in [2.45, 2.75) is 45.3 Å². The number of likely N-dealkylation sites (tertiary alicyclic amines) is 1. The summed E-state index contributed by atoms with van der Waals surface area (Å²) in [5, 5.41) is 0. The van der Waals surface area contributed by atoms with Crippen LogP contribution in [0, 0.1) is 11.8 Å². The first-order valence-electron chi connectivity index (χ1n) is 8.39. The SMILES string of the molecule is CC1CC(C)CN(C(N)=NC(N)=NC2(C)C=CC(C(F)(F)F)=CC2)C1. The van der Waals surface area contributed by atoms with E-state index in [9.17, 15) is 13.2 Å². The molecular formula is C17H26F3N5. The first kappa shape index (κ1) is 19.3. The molecule has 1 fully saturated rings. The minimum absolute atomic E-state index is 0.0283. The van der Waals surface area contributed by atoms with Crippen LogP contribution in [0.4, 0.5) is 13.2 Å². The number of aliphatic imine (C=N–C) groups is 2. The third-order valence-electron chi connectivity index (χ3n) is 4.48. The summed E-state index contributed by atoms with van der Waals surface area (Å²) >= 11 is 0. The lowest BCUT2D eigenvalue weighted by molar-refractivity contribution is -0.0887. The van der Waals surface area contributed by atoms with Gasteiger partial charge in [-0.05, 0) is 31.6 Å². The summed E-state index contributed by atoms with van der Waals surface area (Å²) in [5.74, 6) is 1.30. The summed E-state index contributed by atoms with van der Waals surface area (Å²) < 4.78 is 38.0. The second-order valence-corrected chi connectivity index (χ2v) is 7.34. The Morgan fingerprint density at radius 2 is 1.84 bits per heavy atom. The smallest absolute Gasteiger partial charge is 0.369 e. The maximum atomic E-state index is 12.7. The largest absolute Gasteiger partial charge is 0.416 e. The molecule has 140 valence electrons. The fourth-order valence-electron chi connectivity index (χ4n) is 3.34. The van der Waals surface area contributed by atoms with Crippen molar-refractivity contribution >= 4 is 11.9 Å². The highest BCUT2D eigenvalue weighted by molar-refractivity contribution is 5.93. The van der Waals surface area contributed by atoms with E-state index in [1.165, 1.54) is 6.08 Å². The zero-order chi connectivity index (χ0) is 18.8. The Labute approximate surface area is 146 Å². The number of halogens is 3. The maximum Gasteiger partial charge on any atom is 0.416 e. The van der Waals surface area contributed by atoms with Crippen LogP contribution in [0.1, 0.15) is 33.6 Å². The van der Waals surface area contributed by atoms with Crippen LogP contribution in [-0.2, 0) is 0 Å². The summed E-state index contributed by atoms with van der Waals surface area (Å²) in [4.78, 5) is 10.4. The number of alkyl halides is 3. The van der Waals surface area contributed by atoms with E-state index < -0.39 is 17.3 Å². The molecule has 0 spiro atoms. The molecule has 8 heteroatoms. The third-order valence-corrected chi connectivity index (χ3v) is 4.48. The minimum Gasteiger partial charge on any atom is -0.369 e. The quantitative estimate of drug-likeness (QED) is 0.559. The fourth-order valence-corrected chi connectivity index (χ4v) is 3.34. The van der Waals surface area contributed by atoms with E-state index >= 15 is 0 Å². The molecule has 0 aromatic carbocycles. The number of piperidine rings is 1. The van der Waals surface area contributed by atoms with Crippen LogP contribution in [0.5, 0.6) is 0 Å². The van der Waals surface area contributed by atoms with Crippen molar-refractivity contribution < 1.29 is 13.2 Å². The predicted octanol–water partition coefficient (Wildman–Crippen LogP) is 2.80. The second kappa shape index (κ2) is 7.09. The summed E-state index contributed by atoms with van der Waals surface area (Å²) in [6.07, 6.45) is 0.451. The molecule has 0 amide bonds. The van der Waals surface area contributed by atoms with Crippen LogP contribution in [-0.4, -0.2) is 41.6 Å². The molecule has 4 N–H and O–H groups in total. The molecule has 3 atom stereocenters. The van der Waals surface area contributed by atoms with Crippen molar-refractivity contribution in [2.24, 2.45) is 33.3 Å². The predicted molar refractivity (Wildman–Crippen MR) is 94.1 cm³/mol. The highest BCUT2D eigenvalue weighted by Crippen LogP contribution is 2.33. The van der Waals surface area contributed by atoms with Gasteiger partial charge in [0.15, 0.2) is 5.96 Å². The second-order valence-electron chi connectivity index (χ2n) is 7.34. The molecule has 5 nitrogen and oxygen atoms in total. The van der Waals surface area contributed by atoms with Crippen molar-refractivity contribution in [3.8, 4) is 0 Å². The van der Waals surface area contributed by atoms with Gasteiger partial charge in [0, 0.05) is 13.1 Å². The van der Waals surface area contributed by atoms with Gasteiger partial charge in [-0.3, -0.25) is 0 Å². The van der Waals surface area contributed by atoms with E-state index in [-0.39, 0.29) is 12.4 Å². The van der Waals surface area contributed by atoms with Crippen LogP contribution in [0.25, 0.3) is 0 Å². The molecule has 2 rings (SSSR count). The van der Waals surface area contributed by atoms with Crippen LogP contribution in [0.15, 0.2) is 33.8 Å². The van der Waals surface area contributed by atoms with Gasteiger partial charge in [-0.15, -0.1) is 0 Å². The zero-order valence-corrected chi connectivity index (χ0v) is 14.8. The number of guanidine groups is 2. The number of hydrogen-bond acceptors (Lipinski definition) is 1. The Morgan fingerprint density at radius 1 is 1.24 bits per heavy atom. The van der Waals surface area contributed by atoms with E-state index in [4.69, 9.17) is 11.5 Å². The Morgan fingerprint density at radius 3 is 2.32 bits per heavy atom. The van der Waals surface area contributed by atoms with Crippen LogP contribution in [0.3, 0.4) is 0 Å². The van der Waals surface area contributed by atoms with Gasteiger partial charge >= 0.3 is 6.18 Å². The Hall–Kier alpha value is -1.99. The van der Waals surface area contributed by atoms with E-state index in [1.54, 1.807) is 6.92 Å². The Bertz CT molecular complexity index is 610. The summed E-state index contributed by atoms with van der Waals surface area (Å²) in [6.45, 7) is 7.64. The summed E-state index contributed by atoms with van der Waals surface area (Å²) in [7, 11) is 0. The molecular weight excluding hydrogens is 331 g/mol. The third kappa shape index (κ3) is 5.24. The normalized spacial score (nSPS) is 31.9. The van der Waals surface area contributed by atoms with Gasteiger partial charge in [0.25, 0.3) is 0 Å². The Balaban J connectivity index is 2.08. The number of allylic oxidation sites excluding steroid dienone is 2. The van der Waals surface area contributed by atoms with Crippen molar-refractivity contribution in [1.29, 1.82) is 0 Å². The Kier molecular flexibility index (Phi) is 5.49. The van der Waals surface area contributed by atoms with Gasteiger partial charge in [0.2, 0.25) is 5.96 Å². The topological polar surface area (TPSA) is 80.0 Å². The molecule has 0 saturated carbocycles. The summed E-state index contributed by atoms with van der Waals surface area (Å²) in [5.41, 5.74) is 10.4. The zero-order valence-electron chi connectivity index (χ0n) is 14.8. The molecule has 0 aromatic heterocycles. The molecule has 3 unspecified atom stereocenters. The summed E-state index contributed by atoms with van der Waals surface area (Å²) in [6, 6.07) is 0. The molecule has 0 radical (unpaired) electrons. The van der Waals surface area contributed by atoms with Gasteiger partial charge in [-0.2, -0.15) is 18.2 Å². The lowest BCUT2D eigenvalue weighted by Gasteiger charge is -2.35. The molecule has 0 aromatic rings. The standard InChI is InChI=1S/C17H26F3N5/c1-11-8-12(2)10-25(9-11)15(22)23-14(21)24-16(3)6-4-13(5-7-16)17(18,19)20/h4-6,11-12H,7-10H2,1-3H3,(H4,21,22,23,24). The van der Waals surface area contributed by atoms with Gasteiger partial charge in [-0.25, -0.2) is 4.99 Å². The van der Waals surface area contributed by atoms with Crippen LogP contribution < -0.4 is 11.5 Å². The van der Waals surface area contributed by atoms with Crippen molar-refractivity contribution in [3.05, 3.63) is 23.8 Å². The molecule has 1 aliphatic carbocycles. The van der Waals surface area contributed by atoms with E-state index in [0.29, 0.717) is 17.8 Å². The highest BCUT2D eigenvalue weighted by atomic mass is 19.4. The van der Waals surface area contributed by atoms with Crippen molar-refractivity contribution in [2.75, 3.05) is 13.1 Å². The number of rotatable bonds is 1. The van der Waals surface area contributed by atoms with Gasteiger partial charge in [0.05, 0.1) is 11.1 Å². The van der Waals surface area contributed by atoms with Crippen LogP contribution >= 0.6 is 0 Å². The lowest BCUT2D eigenvalue weighted by atomic mass is 9.91. The van der Waals surface area contributed by atoms with Gasteiger partial charge < -0.3 is 16.4 Å². The number of nitrogens with two attached hydrogens (primary N) is 2. The first-order chi connectivity index (χ1) is 11.5. The van der Waals surface area contributed by atoms with E-state index in [0.717, 1.165) is 31.7 Å². The molecule has 2 aliphatic rings. The number of hydrogen-bond donors (Lipinski definition) is 2. The van der Waals surface area contributed by atoms with Gasteiger partial charge in [0.1, 0.15) is 0 Å². The maximum absolute atomic E-state index is 12.7. The molecule has 25 heavy (non-hydrogen) atoms. The monoisotopic (exact) mass is 357 g/mol. The molecule has 0 bridgehead atoms. The van der Waals surface area contributed by atoms with Crippen molar-refractivity contribution in [3.63, 3.8) is 0 Å². The average molecular weight is 357 g/mol. The van der Waals surface area contributed by atoms with Crippen molar-refractivity contribution in [1.82, 2.24) is 4.90 Å². The lowest BCUT2D eigenvalue weighted by Crippen LogP contribution is -2.47. The average Bonchev–Trinajstić information content (AvgIpc) is 2.44. The highest BCUT2D eigenvalue weighted by Gasteiger charge is 2.35. The first-order valence-corrected chi connectivity index (χ1v) is 8.39. The minimum atomic E-state index is -4.35. The molecule has 1 saturated heterocycles. The number of nitrogens with zero attached hydrogens (tertiary/aromatic N) is 3.